The highest BCUT2D eigenvalue weighted by Crippen LogP contribution is 2.34. The maximum atomic E-state index is 12.3. The van der Waals surface area contributed by atoms with Gasteiger partial charge in [0.05, 0.1) is 28.5 Å². The number of thioether (sulfide) groups is 1. The van der Waals surface area contributed by atoms with E-state index in [-0.39, 0.29) is 5.91 Å². The van der Waals surface area contributed by atoms with Crippen molar-refractivity contribution in [3.63, 3.8) is 0 Å². The van der Waals surface area contributed by atoms with Crippen LogP contribution in [0.25, 0.3) is 22.6 Å². The van der Waals surface area contributed by atoms with Crippen LogP contribution in [-0.4, -0.2) is 64.9 Å². The maximum absolute atomic E-state index is 12.3. The molecule has 3 heterocycles. The average Bonchev–Trinajstić information content (AvgIpc) is 3.31. The number of hydrogen-bond donors (Lipinski definition) is 3. The predicted octanol–water partition coefficient (Wildman–Crippen LogP) is 3.50. The first-order chi connectivity index (χ1) is 17.5. The molecule has 0 radical (unpaired) electrons. The Bertz CT molecular complexity index is 1270. The van der Waals surface area contributed by atoms with Crippen molar-refractivity contribution in [2.24, 2.45) is 0 Å². The first-order valence-corrected chi connectivity index (χ1v) is 12.8. The number of carbonyl (C=O) groups is 2. The number of hydrogen-bond acceptors (Lipinski definition) is 7. The molecular weight excluding hydrogens is 498 g/mol. The number of aromatic amines is 1. The van der Waals surface area contributed by atoms with Gasteiger partial charge in [-0.3, -0.25) is 14.5 Å². The summed E-state index contributed by atoms with van der Waals surface area (Å²) in [6.45, 7) is 9.45. The van der Waals surface area contributed by atoms with E-state index in [0.29, 0.717) is 54.1 Å². The molecule has 9 nitrogen and oxygen atoms in total. The van der Waals surface area contributed by atoms with Crippen LogP contribution in [0.1, 0.15) is 12.5 Å². The number of fused-ring (bicyclic) bond motifs is 1. The summed E-state index contributed by atoms with van der Waals surface area (Å²) in [5.41, 5.74) is 4.15. The third-order valence-corrected chi connectivity index (χ3v) is 6.82. The minimum atomic E-state index is -0.0686. The number of allylic oxidation sites excluding steroid dienone is 1. The van der Waals surface area contributed by atoms with Crippen molar-refractivity contribution in [2.45, 2.75) is 13.5 Å². The zero-order valence-corrected chi connectivity index (χ0v) is 21.5. The molecule has 2 aromatic heterocycles. The number of piperazine rings is 1. The summed E-state index contributed by atoms with van der Waals surface area (Å²) in [7, 11) is 0. The van der Waals surface area contributed by atoms with Crippen molar-refractivity contribution in [1.82, 2.24) is 30.5 Å². The Morgan fingerprint density at radius 1 is 1.25 bits per heavy atom. The third-order valence-electron chi connectivity index (χ3n) is 5.75. The van der Waals surface area contributed by atoms with Crippen molar-refractivity contribution in [2.75, 3.05) is 37.6 Å². The summed E-state index contributed by atoms with van der Waals surface area (Å²) in [6, 6.07) is 7.81. The zero-order chi connectivity index (χ0) is 25.5. The van der Waals surface area contributed by atoms with Gasteiger partial charge >= 0.3 is 0 Å². The summed E-state index contributed by atoms with van der Waals surface area (Å²) in [5, 5.41) is 8.54. The fourth-order valence-corrected chi connectivity index (χ4v) is 4.75. The van der Waals surface area contributed by atoms with Crippen LogP contribution in [0.3, 0.4) is 0 Å². The lowest BCUT2D eigenvalue weighted by atomic mass is 10.1. The van der Waals surface area contributed by atoms with Crippen LogP contribution in [-0.2, 0) is 16.1 Å². The van der Waals surface area contributed by atoms with Crippen molar-refractivity contribution < 1.29 is 9.59 Å². The molecule has 0 unspecified atom stereocenters. The molecule has 1 aliphatic heterocycles. The summed E-state index contributed by atoms with van der Waals surface area (Å²) in [4.78, 5) is 39.7. The normalized spacial score (nSPS) is 14.3. The number of nitrogens with one attached hydrogen (secondary N) is 3. The Hall–Kier alpha value is -3.34. The maximum Gasteiger partial charge on any atom is 0.238 e. The van der Waals surface area contributed by atoms with Crippen molar-refractivity contribution in [3.05, 3.63) is 64.1 Å². The topological polar surface area (TPSA) is 106 Å². The largest absolute Gasteiger partial charge is 0.366 e. The molecule has 0 atom stereocenters. The molecule has 1 saturated heterocycles. The standard InChI is InChI=1S/C25H28ClN7O2S/c1-3-12-36-17(2)29-21(35)15-32-8-10-33(11-9-32)23-20(26)14-28-25-22(23)30-24(31-25)19-6-4-18(5-7-19)13-27-16-34/h3-7,12,14,16H,2,8-11,13,15H2,1H3,(H,27,34)(H,29,35)(H,28,30,31)/b12-3-. The van der Waals surface area contributed by atoms with E-state index in [1.807, 2.05) is 42.7 Å². The average molecular weight is 526 g/mol. The number of aromatic nitrogens is 3. The van der Waals surface area contributed by atoms with E-state index in [0.717, 1.165) is 35.4 Å². The Morgan fingerprint density at radius 2 is 2.00 bits per heavy atom. The van der Waals surface area contributed by atoms with Crippen LogP contribution in [0.4, 0.5) is 5.69 Å². The Balaban J connectivity index is 1.43. The molecule has 3 aromatic rings. The molecule has 0 aliphatic carbocycles. The fourth-order valence-electron chi connectivity index (χ4n) is 4.01. The first-order valence-electron chi connectivity index (χ1n) is 11.5. The van der Waals surface area contributed by atoms with Gasteiger partial charge in [0.25, 0.3) is 0 Å². The van der Waals surface area contributed by atoms with E-state index in [2.05, 4.69) is 42.0 Å². The fraction of sp³-hybridized carbons (Fsp3) is 0.280. The molecule has 0 spiro atoms. The summed E-state index contributed by atoms with van der Waals surface area (Å²) < 4.78 is 0. The second-order valence-corrected chi connectivity index (χ2v) is 9.66. The molecule has 36 heavy (non-hydrogen) atoms. The van der Waals surface area contributed by atoms with Gasteiger partial charge in [0, 0.05) is 38.3 Å². The summed E-state index contributed by atoms with van der Waals surface area (Å²) in [6.07, 6.45) is 4.21. The Kier molecular flexibility index (Phi) is 8.63. The van der Waals surface area contributed by atoms with Gasteiger partial charge in [0.2, 0.25) is 12.3 Å². The minimum Gasteiger partial charge on any atom is -0.366 e. The molecule has 11 heteroatoms. The van der Waals surface area contributed by atoms with Gasteiger partial charge in [-0.1, -0.05) is 60.3 Å². The van der Waals surface area contributed by atoms with E-state index in [4.69, 9.17) is 11.6 Å². The molecule has 4 rings (SSSR count). The first kappa shape index (κ1) is 25.7. The second-order valence-electron chi connectivity index (χ2n) is 8.26. The van der Waals surface area contributed by atoms with Gasteiger partial charge in [-0.15, -0.1) is 0 Å². The molecule has 1 fully saturated rings. The van der Waals surface area contributed by atoms with Crippen LogP contribution in [0.2, 0.25) is 5.02 Å². The summed E-state index contributed by atoms with van der Waals surface area (Å²) in [5.74, 6) is 0.628. The van der Waals surface area contributed by atoms with E-state index < -0.39 is 0 Å². The second kappa shape index (κ2) is 12.1. The van der Waals surface area contributed by atoms with Gasteiger partial charge < -0.3 is 20.5 Å². The van der Waals surface area contributed by atoms with E-state index in [1.165, 1.54) is 11.8 Å². The number of pyridine rings is 1. The van der Waals surface area contributed by atoms with Crippen LogP contribution >= 0.6 is 23.4 Å². The SMILES string of the molecule is C=C(NC(=O)CN1CCN(c2c(Cl)cnc3nc(-c4ccc(CNC=O)cc4)[nH]c23)CC1)S/C=C\C. The quantitative estimate of drug-likeness (QED) is 0.348. The number of anilines is 1. The van der Waals surface area contributed by atoms with Crippen LogP contribution in [0.15, 0.2) is 53.6 Å². The molecule has 188 valence electrons. The van der Waals surface area contributed by atoms with Crippen LogP contribution < -0.4 is 15.5 Å². The number of benzene rings is 1. The lowest BCUT2D eigenvalue weighted by Crippen LogP contribution is -2.49. The smallest absolute Gasteiger partial charge is 0.238 e. The number of imidazole rings is 1. The van der Waals surface area contributed by atoms with Gasteiger partial charge in [-0.25, -0.2) is 9.97 Å². The van der Waals surface area contributed by atoms with E-state index >= 15 is 0 Å². The zero-order valence-electron chi connectivity index (χ0n) is 20.0. The Labute approximate surface area is 219 Å². The van der Waals surface area contributed by atoms with E-state index in [1.54, 1.807) is 6.20 Å². The van der Waals surface area contributed by atoms with Gasteiger partial charge in [0.15, 0.2) is 5.65 Å². The monoisotopic (exact) mass is 525 g/mol. The molecule has 0 bridgehead atoms. The van der Waals surface area contributed by atoms with Crippen LogP contribution in [0.5, 0.6) is 0 Å². The molecule has 1 aromatic carbocycles. The molecule has 3 N–H and O–H groups in total. The van der Waals surface area contributed by atoms with Gasteiger partial charge in [0.1, 0.15) is 11.3 Å². The summed E-state index contributed by atoms with van der Waals surface area (Å²) >= 11 is 7.99. The lowest BCUT2D eigenvalue weighted by Gasteiger charge is -2.36. The minimum absolute atomic E-state index is 0.0686. The van der Waals surface area contributed by atoms with Crippen molar-refractivity contribution in [3.8, 4) is 11.4 Å². The molecule has 0 saturated carbocycles. The van der Waals surface area contributed by atoms with Crippen LogP contribution in [0, 0.1) is 0 Å². The third kappa shape index (κ3) is 6.26. The van der Waals surface area contributed by atoms with Crippen molar-refractivity contribution >= 4 is 52.5 Å². The molecule has 1 aliphatic rings. The highest BCUT2D eigenvalue weighted by Gasteiger charge is 2.24. The highest BCUT2D eigenvalue weighted by atomic mass is 35.5. The number of carbonyl (C=O) groups excluding carboxylic acids is 2. The van der Waals surface area contributed by atoms with E-state index in [9.17, 15) is 9.59 Å². The molecule has 2 amide bonds. The highest BCUT2D eigenvalue weighted by molar-refractivity contribution is 8.05. The number of H-pyrrole nitrogens is 1. The Morgan fingerprint density at radius 3 is 2.69 bits per heavy atom. The predicted molar refractivity (Wildman–Crippen MR) is 146 cm³/mol. The number of nitrogens with zero attached hydrogens (tertiary/aromatic N) is 4. The lowest BCUT2D eigenvalue weighted by molar-refractivity contribution is -0.121. The van der Waals surface area contributed by atoms with Crippen molar-refractivity contribution in [1.29, 1.82) is 0 Å². The number of rotatable bonds is 10. The molecular formula is C25H28ClN7O2S. The van der Waals surface area contributed by atoms with Gasteiger partial charge in [-0.2, -0.15) is 0 Å². The number of amides is 2. The van der Waals surface area contributed by atoms with Gasteiger partial charge in [-0.05, 0) is 17.9 Å². The number of halogens is 1.